The first-order valence-corrected chi connectivity index (χ1v) is 8.51. The summed E-state index contributed by atoms with van der Waals surface area (Å²) in [6, 6.07) is 0. The number of hydrogen-bond acceptors (Lipinski definition) is 5. The van der Waals surface area contributed by atoms with Gasteiger partial charge >= 0.3 is 0 Å². The molecule has 0 unspecified atom stereocenters. The van der Waals surface area contributed by atoms with Gasteiger partial charge in [0.25, 0.3) is 0 Å². The average Bonchev–Trinajstić information content (AvgIpc) is 2.76. The molecule has 1 fully saturated rings. The summed E-state index contributed by atoms with van der Waals surface area (Å²) in [5.41, 5.74) is 1.90. The van der Waals surface area contributed by atoms with E-state index < -0.39 is 10.0 Å². The topological polar surface area (TPSA) is 79.3 Å². The van der Waals surface area contributed by atoms with E-state index in [2.05, 4.69) is 20.0 Å². The van der Waals surface area contributed by atoms with Crippen LogP contribution in [0.1, 0.15) is 11.3 Å². The van der Waals surface area contributed by atoms with Crippen LogP contribution in [0.5, 0.6) is 0 Å². The molecule has 0 saturated carbocycles. The van der Waals surface area contributed by atoms with Crippen LogP contribution in [0.2, 0.25) is 0 Å². The molecule has 0 atom stereocenters. The minimum absolute atomic E-state index is 0.145. The van der Waals surface area contributed by atoms with Gasteiger partial charge in [-0.15, -0.1) is 0 Å². The second-order valence-electron chi connectivity index (χ2n) is 5.11. The maximum atomic E-state index is 12.0. The number of sulfonamides is 1. The third-order valence-corrected chi connectivity index (χ3v) is 5.01. The molecule has 0 radical (unpaired) electrons. The number of rotatable bonds is 6. The zero-order chi connectivity index (χ0) is 14.6. The summed E-state index contributed by atoms with van der Waals surface area (Å²) in [5, 5.41) is 7.35. The first kappa shape index (κ1) is 15.4. The van der Waals surface area contributed by atoms with E-state index in [1.807, 2.05) is 14.0 Å². The number of piperazine rings is 1. The van der Waals surface area contributed by atoms with Gasteiger partial charge in [0.15, 0.2) is 0 Å². The van der Waals surface area contributed by atoms with Crippen LogP contribution < -0.4 is 10.0 Å². The van der Waals surface area contributed by atoms with Crippen molar-refractivity contribution in [3.8, 4) is 0 Å². The highest BCUT2D eigenvalue weighted by atomic mass is 32.2. The summed E-state index contributed by atoms with van der Waals surface area (Å²) in [5.74, 6) is 0.145. The van der Waals surface area contributed by atoms with Crippen LogP contribution in [0, 0.1) is 6.92 Å². The van der Waals surface area contributed by atoms with Crippen LogP contribution in [-0.2, 0) is 23.6 Å². The van der Waals surface area contributed by atoms with E-state index >= 15 is 0 Å². The number of nitrogens with zero attached hydrogens (tertiary/aromatic N) is 3. The Kier molecular flexibility index (Phi) is 5.14. The number of aromatic nitrogens is 2. The summed E-state index contributed by atoms with van der Waals surface area (Å²) in [7, 11) is -1.39. The van der Waals surface area contributed by atoms with E-state index in [0.29, 0.717) is 13.1 Å². The molecular formula is C12H23N5O2S. The van der Waals surface area contributed by atoms with Gasteiger partial charge in [-0.2, -0.15) is 5.10 Å². The quantitative estimate of drug-likeness (QED) is 0.708. The number of aryl methyl sites for hydroxylation is 1. The molecule has 1 saturated heterocycles. The first-order valence-electron chi connectivity index (χ1n) is 6.86. The van der Waals surface area contributed by atoms with E-state index in [9.17, 15) is 8.42 Å². The summed E-state index contributed by atoms with van der Waals surface area (Å²) in [4.78, 5) is 2.17. The molecule has 2 N–H and O–H groups in total. The highest BCUT2D eigenvalue weighted by Gasteiger charge is 2.16. The minimum atomic E-state index is -3.24. The zero-order valence-electron chi connectivity index (χ0n) is 12.1. The lowest BCUT2D eigenvalue weighted by Crippen LogP contribution is -2.45. The average molecular weight is 301 g/mol. The highest BCUT2D eigenvalue weighted by molar-refractivity contribution is 7.89. The van der Waals surface area contributed by atoms with Crippen molar-refractivity contribution in [1.29, 1.82) is 0 Å². The molecular weight excluding hydrogens is 278 g/mol. The molecule has 1 aromatic heterocycles. The van der Waals surface area contributed by atoms with Gasteiger partial charge in [-0.05, 0) is 6.92 Å². The molecule has 0 spiro atoms. The molecule has 7 nitrogen and oxygen atoms in total. The zero-order valence-corrected chi connectivity index (χ0v) is 12.9. The van der Waals surface area contributed by atoms with Gasteiger partial charge in [-0.25, -0.2) is 13.1 Å². The Labute approximate surface area is 120 Å². The van der Waals surface area contributed by atoms with Crippen LogP contribution in [-0.4, -0.2) is 61.6 Å². The van der Waals surface area contributed by atoms with Crippen LogP contribution in [0.3, 0.4) is 0 Å². The molecule has 1 aliphatic rings. The third-order valence-electron chi connectivity index (χ3n) is 3.71. The Bertz CT molecular complexity index is 534. The van der Waals surface area contributed by atoms with Gasteiger partial charge in [0, 0.05) is 57.6 Å². The van der Waals surface area contributed by atoms with E-state index in [0.717, 1.165) is 37.4 Å². The van der Waals surface area contributed by atoms with Gasteiger partial charge in [0.1, 0.15) is 0 Å². The van der Waals surface area contributed by atoms with Crippen molar-refractivity contribution in [2.45, 2.75) is 13.5 Å². The second-order valence-corrected chi connectivity index (χ2v) is 7.04. The lowest BCUT2D eigenvalue weighted by Gasteiger charge is -2.26. The van der Waals surface area contributed by atoms with Crippen LogP contribution >= 0.6 is 0 Å². The molecule has 8 heteroatoms. The van der Waals surface area contributed by atoms with E-state index in [4.69, 9.17) is 0 Å². The second kappa shape index (κ2) is 6.66. The Morgan fingerprint density at radius 3 is 2.70 bits per heavy atom. The van der Waals surface area contributed by atoms with Crippen molar-refractivity contribution in [3.63, 3.8) is 0 Å². The third kappa shape index (κ3) is 4.27. The van der Waals surface area contributed by atoms with Crippen molar-refractivity contribution in [2.24, 2.45) is 7.05 Å². The van der Waals surface area contributed by atoms with E-state index in [1.54, 1.807) is 10.9 Å². The van der Waals surface area contributed by atoms with Crippen molar-refractivity contribution in [2.75, 3.05) is 38.5 Å². The smallest absolute Gasteiger partial charge is 0.213 e. The van der Waals surface area contributed by atoms with Crippen molar-refractivity contribution in [1.82, 2.24) is 24.7 Å². The maximum Gasteiger partial charge on any atom is 0.213 e. The number of nitrogens with one attached hydrogen (secondary N) is 2. The predicted octanol–water partition coefficient (Wildman–Crippen LogP) is -0.947. The van der Waals surface area contributed by atoms with Gasteiger partial charge in [-0.3, -0.25) is 9.58 Å². The van der Waals surface area contributed by atoms with Crippen molar-refractivity contribution < 1.29 is 8.42 Å². The monoisotopic (exact) mass is 301 g/mol. The van der Waals surface area contributed by atoms with Gasteiger partial charge < -0.3 is 5.32 Å². The molecule has 1 aliphatic heterocycles. The largest absolute Gasteiger partial charge is 0.314 e. The fourth-order valence-electron chi connectivity index (χ4n) is 2.16. The molecule has 2 rings (SSSR count). The van der Waals surface area contributed by atoms with Crippen molar-refractivity contribution >= 4 is 10.0 Å². The first-order chi connectivity index (χ1) is 9.48. The molecule has 0 aliphatic carbocycles. The van der Waals surface area contributed by atoms with Crippen LogP contribution in [0.25, 0.3) is 0 Å². The summed E-state index contributed by atoms with van der Waals surface area (Å²) in [6.45, 7) is 6.52. The van der Waals surface area contributed by atoms with Gasteiger partial charge in [0.2, 0.25) is 10.0 Å². The predicted molar refractivity (Wildman–Crippen MR) is 77.9 cm³/mol. The molecule has 0 bridgehead atoms. The van der Waals surface area contributed by atoms with Crippen molar-refractivity contribution in [3.05, 3.63) is 17.5 Å². The van der Waals surface area contributed by atoms with E-state index in [-0.39, 0.29) is 5.75 Å². The Hall–Kier alpha value is -0.960. The lowest BCUT2D eigenvalue weighted by atomic mass is 10.3. The van der Waals surface area contributed by atoms with Crippen LogP contribution in [0.4, 0.5) is 0 Å². The molecule has 2 heterocycles. The molecule has 0 amide bonds. The van der Waals surface area contributed by atoms with Gasteiger partial charge in [-0.1, -0.05) is 0 Å². The summed E-state index contributed by atoms with van der Waals surface area (Å²) >= 11 is 0. The normalized spacial score (nSPS) is 17.5. The Morgan fingerprint density at radius 2 is 2.10 bits per heavy atom. The SMILES string of the molecule is Cc1c(CNS(=O)(=O)CCN2CCNCC2)cnn1C. The summed E-state index contributed by atoms with van der Waals surface area (Å²) < 4.78 is 28.4. The minimum Gasteiger partial charge on any atom is -0.314 e. The van der Waals surface area contributed by atoms with Gasteiger partial charge in [0.05, 0.1) is 11.9 Å². The fourth-order valence-corrected chi connectivity index (χ4v) is 3.18. The highest BCUT2D eigenvalue weighted by Crippen LogP contribution is 2.05. The molecule has 0 aromatic carbocycles. The fraction of sp³-hybridized carbons (Fsp3) is 0.750. The maximum absolute atomic E-state index is 12.0. The molecule has 1 aromatic rings. The lowest BCUT2D eigenvalue weighted by molar-refractivity contribution is 0.253. The van der Waals surface area contributed by atoms with E-state index in [1.165, 1.54) is 0 Å². The molecule has 114 valence electrons. The number of hydrogen-bond donors (Lipinski definition) is 2. The molecule has 20 heavy (non-hydrogen) atoms. The Morgan fingerprint density at radius 1 is 1.40 bits per heavy atom. The van der Waals surface area contributed by atoms with Crippen LogP contribution in [0.15, 0.2) is 6.20 Å². The standard InChI is InChI=1S/C12H23N5O2S/c1-11-12(9-14-16(11)2)10-15-20(18,19)8-7-17-5-3-13-4-6-17/h9,13,15H,3-8,10H2,1-2H3. The Balaban J connectivity index is 1.80. The summed E-state index contributed by atoms with van der Waals surface area (Å²) in [6.07, 6.45) is 1.70.